The molecule has 0 spiro atoms. The average molecular weight is 422 g/mol. The van der Waals surface area contributed by atoms with E-state index in [0.717, 1.165) is 52.9 Å². The number of methoxy groups -OCH3 is 1. The summed E-state index contributed by atoms with van der Waals surface area (Å²) in [6.07, 6.45) is 1.77. The van der Waals surface area contributed by atoms with Crippen LogP contribution < -0.4 is 9.64 Å². The molecule has 6 nitrogen and oxygen atoms in total. The summed E-state index contributed by atoms with van der Waals surface area (Å²) in [6.45, 7) is 3.92. The Balaban J connectivity index is 1.62. The SMILES string of the molecule is CCc1nc2sc([C@@H](c3cccc(OC)c3)[NH+]3CCc4ccccc4C3)c(O)n2n1. The van der Waals surface area contributed by atoms with E-state index in [1.165, 1.54) is 27.4 Å². The van der Waals surface area contributed by atoms with Crippen LogP contribution in [-0.2, 0) is 19.4 Å². The molecule has 0 bridgehead atoms. The predicted molar refractivity (Wildman–Crippen MR) is 116 cm³/mol. The molecular formula is C23H25N4O2S+. The van der Waals surface area contributed by atoms with Crippen LogP contribution in [0.2, 0.25) is 0 Å². The lowest BCUT2D eigenvalue weighted by molar-refractivity contribution is -0.940. The molecule has 1 aliphatic heterocycles. The van der Waals surface area contributed by atoms with Crippen molar-refractivity contribution in [2.45, 2.75) is 32.4 Å². The Morgan fingerprint density at radius 1 is 1.20 bits per heavy atom. The van der Waals surface area contributed by atoms with Crippen LogP contribution in [-0.4, -0.2) is 33.4 Å². The molecule has 2 aromatic heterocycles. The summed E-state index contributed by atoms with van der Waals surface area (Å²) in [5, 5.41) is 15.6. The van der Waals surface area contributed by atoms with Gasteiger partial charge in [0, 0.05) is 24.0 Å². The van der Waals surface area contributed by atoms with Crippen molar-refractivity contribution < 1.29 is 14.7 Å². The zero-order chi connectivity index (χ0) is 20.7. The van der Waals surface area contributed by atoms with Crippen molar-refractivity contribution in [2.24, 2.45) is 0 Å². The number of nitrogens with zero attached hydrogens (tertiary/aromatic N) is 3. The molecule has 5 rings (SSSR count). The van der Waals surface area contributed by atoms with Gasteiger partial charge in [0.05, 0.1) is 13.7 Å². The lowest BCUT2D eigenvalue weighted by Gasteiger charge is -2.32. The van der Waals surface area contributed by atoms with Gasteiger partial charge in [0.15, 0.2) is 11.9 Å². The van der Waals surface area contributed by atoms with Crippen LogP contribution >= 0.6 is 11.3 Å². The molecule has 154 valence electrons. The van der Waals surface area contributed by atoms with E-state index in [1.807, 2.05) is 19.1 Å². The highest BCUT2D eigenvalue weighted by Gasteiger charge is 2.35. The number of quaternary nitrogens is 1. The fourth-order valence-electron chi connectivity index (χ4n) is 4.37. The minimum Gasteiger partial charge on any atom is -0.497 e. The second-order valence-corrected chi connectivity index (χ2v) is 8.69. The predicted octanol–water partition coefficient (Wildman–Crippen LogP) is 2.80. The van der Waals surface area contributed by atoms with Gasteiger partial charge in [-0.05, 0) is 17.7 Å². The quantitative estimate of drug-likeness (QED) is 0.520. The van der Waals surface area contributed by atoms with Crippen LogP contribution in [0.4, 0.5) is 0 Å². The zero-order valence-electron chi connectivity index (χ0n) is 17.1. The Bertz CT molecular complexity index is 1200. The lowest BCUT2D eigenvalue weighted by Crippen LogP contribution is -3.12. The van der Waals surface area contributed by atoms with Gasteiger partial charge in [0.2, 0.25) is 10.8 Å². The van der Waals surface area contributed by atoms with E-state index in [9.17, 15) is 5.11 Å². The summed E-state index contributed by atoms with van der Waals surface area (Å²) < 4.78 is 7.08. The third kappa shape index (κ3) is 3.24. The minimum atomic E-state index is -0.0213. The van der Waals surface area contributed by atoms with Crippen molar-refractivity contribution in [1.82, 2.24) is 14.6 Å². The number of hydrogen-bond donors (Lipinski definition) is 2. The van der Waals surface area contributed by atoms with Crippen LogP contribution in [0.15, 0.2) is 48.5 Å². The standard InChI is InChI=1S/C23H24N4O2S/c1-3-19-24-23-27(25-19)22(28)21(30-23)20(16-9-6-10-18(13-16)29-2)26-12-11-15-7-4-5-8-17(15)14-26/h4-10,13,20,28H,3,11-12,14H2,1-2H3/p+1/t20-/m1/s1. The number of nitrogens with one attached hydrogen (secondary N) is 1. The number of aromatic nitrogens is 3. The number of fused-ring (bicyclic) bond motifs is 2. The molecule has 1 unspecified atom stereocenters. The Hall–Kier alpha value is -2.90. The molecule has 2 N–H and O–H groups in total. The first-order valence-electron chi connectivity index (χ1n) is 10.3. The van der Waals surface area contributed by atoms with Gasteiger partial charge in [-0.3, -0.25) is 0 Å². The number of aryl methyl sites for hydroxylation is 1. The molecule has 3 heterocycles. The molecular weight excluding hydrogens is 396 g/mol. The highest BCUT2D eigenvalue weighted by molar-refractivity contribution is 7.17. The second kappa shape index (κ2) is 7.74. The van der Waals surface area contributed by atoms with Crippen molar-refractivity contribution >= 4 is 16.3 Å². The fraction of sp³-hybridized carbons (Fsp3) is 0.304. The number of ether oxygens (including phenoxy) is 1. The number of benzene rings is 2. The molecule has 2 aromatic carbocycles. The molecule has 7 heteroatoms. The average Bonchev–Trinajstić information content (AvgIpc) is 3.33. The van der Waals surface area contributed by atoms with E-state index in [2.05, 4.69) is 46.5 Å². The van der Waals surface area contributed by atoms with E-state index in [4.69, 9.17) is 4.74 Å². The van der Waals surface area contributed by atoms with Gasteiger partial charge in [-0.15, -0.1) is 5.10 Å². The van der Waals surface area contributed by atoms with Crippen LogP contribution in [0, 0.1) is 0 Å². The zero-order valence-corrected chi connectivity index (χ0v) is 17.9. The molecule has 0 saturated heterocycles. The van der Waals surface area contributed by atoms with Crippen molar-refractivity contribution in [1.29, 1.82) is 0 Å². The number of thiazole rings is 1. The number of aromatic hydroxyl groups is 1. The van der Waals surface area contributed by atoms with Gasteiger partial charge in [0.25, 0.3) is 0 Å². The first-order valence-corrected chi connectivity index (χ1v) is 11.1. The molecule has 0 saturated carbocycles. The minimum absolute atomic E-state index is 0.0213. The molecule has 1 aliphatic rings. The maximum absolute atomic E-state index is 11.1. The van der Waals surface area contributed by atoms with Crippen molar-refractivity contribution in [3.8, 4) is 11.6 Å². The van der Waals surface area contributed by atoms with Gasteiger partial charge in [0.1, 0.15) is 17.2 Å². The van der Waals surface area contributed by atoms with Crippen LogP contribution in [0.5, 0.6) is 11.6 Å². The molecule has 4 aromatic rings. The van der Waals surface area contributed by atoms with Gasteiger partial charge in [-0.2, -0.15) is 4.52 Å². The summed E-state index contributed by atoms with van der Waals surface area (Å²) >= 11 is 1.53. The summed E-state index contributed by atoms with van der Waals surface area (Å²) in [4.78, 5) is 7.62. The van der Waals surface area contributed by atoms with Crippen LogP contribution in [0.25, 0.3) is 4.96 Å². The monoisotopic (exact) mass is 421 g/mol. The van der Waals surface area contributed by atoms with E-state index in [0.29, 0.717) is 0 Å². The Morgan fingerprint density at radius 3 is 2.80 bits per heavy atom. The molecule has 2 atom stereocenters. The normalized spacial score (nSPS) is 17.1. The summed E-state index contributed by atoms with van der Waals surface area (Å²) in [7, 11) is 1.69. The Morgan fingerprint density at radius 2 is 2.03 bits per heavy atom. The third-order valence-electron chi connectivity index (χ3n) is 5.91. The number of rotatable bonds is 5. The maximum Gasteiger partial charge on any atom is 0.235 e. The van der Waals surface area contributed by atoms with E-state index in [1.54, 1.807) is 11.6 Å². The molecule has 0 fully saturated rings. The van der Waals surface area contributed by atoms with E-state index < -0.39 is 0 Å². The summed E-state index contributed by atoms with van der Waals surface area (Å²) in [5.41, 5.74) is 3.92. The smallest absolute Gasteiger partial charge is 0.235 e. The summed E-state index contributed by atoms with van der Waals surface area (Å²) in [5.74, 6) is 1.77. The third-order valence-corrected chi connectivity index (χ3v) is 6.99. The van der Waals surface area contributed by atoms with E-state index >= 15 is 0 Å². The van der Waals surface area contributed by atoms with Gasteiger partial charge in [-0.25, -0.2) is 4.98 Å². The fourth-order valence-corrected chi connectivity index (χ4v) is 5.53. The number of hydrogen-bond acceptors (Lipinski definition) is 5. The van der Waals surface area contributed by atoms with Gasteiger partial charge >= 0.3 is 0 Å². The molecule has 0 aliphatic carbocycles. The largest absolute Gasteiger partial charge is 0.497 e. The highest BCUT2D eigenvalue weighted by Crippen LogP contribution is 2.36. The van der Waals surface area contributed by atoms with Crippen molar-refractivity contribution in [2.75, 3.05) is 13.7 Å². The maximum atomic E-state index is 11.1. The Labute approximate surface area is 179 Å². The highest BCUT2D eigenvalue weighted by atomic mass is 32.1. The topological polar surface area (TPSA) is 64.1 Å². The lowest BCUT2D eigenvalue weighted by atomic mass is 9.95. The van der Waals surface area contributed by atoms with Crippen LogP contribution in [0.3, 0.4) is 0 Å². The van der Waals surface area contributed by atoms with Crippen LogP contribution in [0.1, 0.15) is 40.4 Å². The molecule has 30 heavy (non-hydrogen) atoms. The first kappa shape index (κ1) is 19.1. The summed E-state index contributed by atoms with van der Waals surface area (Å²) in [6, 6.07) is 16.8. The Kier molecular flexibility index (Phi) is 4.92. The second-order valence-electron chi connectivity index (χ2n) is 7.68. The van der Waals surface area contributed by atoms with E-state index in [-0.39, 0.29) is 11.9 Å². The van der Waals surface area contributed by atoms with Gasteiger partial charge in [-0.1, -0.05) is 54.7 Å². The molecule has 0 amide bonds. The van der Waals surface area contributed by atoms with Gasteiger partial charge < -0.3 is 14.7 Å². The van der Waals surface area contributed by atoms with Crippen molar-refractivity contribution in [3.05, 3.63) is 75.9 Å². The van der Waals surface area contributed by atoms with Crippen molar-refractivity contribution in [3.63, 3.8) is 0 Å². The molecule has 0 radical (unpaired) electrons. The first-order chi connectivity index (χ1) is 14.7.